The van der Waals surface area contributed by atoms with Gasteiger partial charge in [-0.05, 0) is 0 Å². The average molecular weight is 489 g/mol. The zero-order valence-electron chi connectivity index (χ0n) is 15.6. The molecule has 2 atom stereocenters. The van der Waals surface area contributed by atoms with E-state index in [1.165, 1.54) is 14.1 Å². The van der Waals surface area contributed by atoms with Gasteiger partial charge < -0.3 is 19.8 Å². The predicted octanol–water partition coefficient (Wildman–Crippen LogP) is 0.512. The van der Waals surface area contributed by atoms with Crippen molar-refractivity contribution in [3.8, 4) is 0 Å². The number of sulfonamides is 1. The van der Waals surface area contributed by atoms with Crippen LogP contribution in [-0.2, 0) is 10.0 Å². The number of aliphatic hydroxyl groups excluding tert-OH is 3. The number of likely N-dealkylation sites (N-methyl/N-ethyl adjacent to an activating group) is 1. The van der Waals surface area contributed by atoms with Crippen molar-refractivity contribution >= 4 is 10.0 Å². The third-order valence-corrected chi connectivity index (χ3v) is 5.57. The van der Waals surface area contributed by atoms with Crippen molar-refractivity contribution in [2.45, 2.75) is 41.8 Å². The van der Waals surface area contributed by atoms with Gasteiger partial charge in [0.15, 0.2) is 0 Å². The lowest BCUT2D eigenvalue weighted by atomic mass is 10.1. The Hall–Kier alpha value is -0.880. The highest BCUT2D eigenvalue weighted by molar-refractivity contribution is 7.90. The molecule has 0 aromatic heterocycles. The maximum atomic E-state index is 13.7. The third kappa shape index (κ3) is 6.09. The van der Waals surface area contributed by atoms with Crippen molar-refractivity contribution in [2.24, 2.45) is 0 Å². The fourth-order valence-electron chi connectivity index (χ4n) is 2.24. The van der Waals surface area contributed by atoms with Crippen molar-refractivity contribution in [3.63, 3.8) is 0 Å². The molecule has 0 fully saturated rings. The van der Waals surface area contributed by atoms with Gasteiger partial charge in [-0.1, -0.05) is 0 Å². The smallest absolute Gasteiger partial charge is 0.395 e. The Labute approximate surface area is 165 Å². The van der Waals surface area contributed by atoms with Crippen LogP contribution in [-0.4, -0.2) is 104 Å². The minimum absolute atomic E-state index is 0.145. The van der Waals surface area contributed by atoms with E-state index in [2.05, 4.69) is 0 Å². The van der Waals surface area contributed by atoms with Gasteiger partial charge in [0.2, 0.25) is 0 Å². The molecule has 0 amide bonds. The molecule has 30 heavy (non-hydrogen) atoms. The summed E-state index contributed by atoms with van der Waals surface area (Å²) in [7, 11) is -4.01. The molecular formula is C13H22F9N2O5S+. The molecule has 0 rings (SSSR count). The van der Waals surface area contributed by atoms with E-state index in [1.807, 2.05) is 0 Å². The second-order valence-corrected chi connectivity index (χ2v) is 8.89. The second-order valence-electron chi connectivity index (χ2n) is 7.13. The zero-order valence-corrected chi connectivity index (χ0v) is 16.4. The summed E-state index contributed by atoms with van der Waals surface area (Å²) in [6.07, 6.45) is -8.99. The quantitative estimate of drug-likeness (QED) is 0.236. The number of alkyl halides is 9. The Kier molecular flexibility index (Phi) is 9.04. The Morgan fingerprint density at radius 2 is 1.37 bits per heavy atom. The molecule has 7 nitrogen and oxygen atoms in total. The Bertz CT molecular complexity index is 670. The van der Waals surface area contributed by atoms with Crippen LogP contribution in [0.2, 0.25) is 0 Å². The maximum Gasteiger partial charge on any atom is 0.460 e. The highest BCUT2D eigenvalue weighted by atomic mass is 32.2. The van der Waals surface area contributed by atoms with E-state index in [9.17, 15) is 53.0 Å². The largest absolute Gasteiger partial charge is 0.460 e. The van der Waals surface area contributed by atoms with Gasteiger partial charge in [0, 0.05) is 6.42 Å². The molecule has 182 valence electrons. The number of hydrogen-bond acceptors (Lipinski definition) is 5. The molecular weight excluding hydrogens is 467 g/mol. The Balaban J connectivity index is 5.60. The fraction of sp³-hybridized carbons (Fsp3) is 1.00. The first-order chi connectivity index (χ1) is 13.1. The number of rotatable bonds is 12. The summed E-state index contributed by atoms with van der Waals surface area (Å²) in [6, 6.07) is -1.96. The zero-order chi connectivity index (χ0) is 24.4. The van der Waals surface area contributed by atoms with Gasteiger partial charge in [0.05, 0.1) is 39.9 Å². The monoisotopic (exact) mass is 489 g/mol. The molecule has 0 spiro atoms. The van der Waals surface area contributed by atoms with Crippen LogP contribution in [0.3, 0.4) is 0 Å². The minimum Gasteiger partial charge on any atom is -0.395 e. The van der Waals surface area contributed by atoms with Gasteiger partial charge >= 0.3 is 23.3 Å². The van der Waals surface area contributed by atoms with Crippen LogP contribution in [0.4, 0.5) is 39.5 Å². The third-order valence-electron chi connectivity index (χ3n) is 3.99. The van der Waals surface area contributed by atoms with E-state index in [0.717, 1.165) is 4.72 Å². The summed E-state index contributed by atoms with van der Waals surface area (Å²) in [5.41, 5.74) is 0. The molecule has 0 aliphatic rings. The van der Waals surface area contributed by atoms with E-state index in [4.69, 9.17) is 10.2 Å². The lowest BCUT2D eigenvalue weighted by Gasteiger charge is -2.35. The molecule has 0 saturated heterocycles. The van der Waals surface area contributed by atoms with Crippen molar-refractivity contribution in [1.29, 1.82) is 0 Å². The van der Waals surface area contributed by atoms with Crippen LogP contribution in [0.15, 0.2) is 0 Å². The molecule has 0 aliphatic carbocycles. The summed E-state index contributed by atoms with van der Waals surface area (Å²) in [5, 5.41) is 20.3. The molecule has 0 saturated carbocycles. The second kappa shape index (κ2) is 9.32. The van der Waals surface area contributed by atoms with E-state index in [0.29, 0.717) is 0 Å². The predicted molar refractivity (Wildman–Crippen MR) is 83.4 cm³/mol. The number of halogens is 9. The number of nitrogens with one attached hydrogen (secondary N) is 1. The SMILES string of the molecule is C[N+](C)(CCC(CO)NS(=O)(=O)C(F)(F)C(F)(F)C(F)(F)C(F)(F)F)CC(O)CO. The summed E-state index contributed by atoms with van der Waals surface area (Å²) < 4.78 is 140. The highest BCUT2D eigenvalue weighted by Gasteiger charge is 2.85. The van der Waals surface area contributed by atoms with Gasteiger partial charge in [-0.15, -0.1) is 0 Å². The topological polar surface area (TPSA) is 107 Å². The lowest BCUT2D eigenvalue weighted by Crippen LogP contribution is -2.65. The van der Waals surface area contributed by atoms with Gasteiger partial charge in [-0.25, -0.2) is 13.1 Å². The van der Waals surface area contributed by atoms with Crippen LogP contribution in [0.25, 0.3) is 0 Å². The Morgan fingerprint density at radius 1 is 0.900 bits per heavy atom. The molecule has 0 aliphatic heterocycles. The van der Waals surface area contributed by atoms with Crippen LogP contribution >= 0.6 is 0 Å². The van der Waals surface area contributed by atoms with Gasteiger partial charge in [-0.2, -0.15) is 39.5 Å². The Morgan fingerprint density at radius 3 is 1.73 bits per heavy atom. The maximum absolute atomic E-state index is 13.7. The molecule has 0 heterocycles. The lowest BCUT2D eigenvalue weighted by molar-refractivity contribution is -0.893. The highest BCUT2D eigenvalue weighted by Crippen LogP contribution is 2.54. The van der Waals surface area contributed by atoms with Crippen LogP contribution in [0.5, 0.6) is 0 Å². The van der Waals surface area contributed by atoms with Crippen LogP contribution < -0.4 is 4.72 Å². The van der Waals surface area contributed by atoms with E-state index in [-0.39, 0.29) is 17.6 Å². The number of hydrogen-bond donors (Lipinski definition) is 4. The fourth-order valence-corrected chi connectivity index (χ4v) is 3.48. The summed E-state index contributed by atoms with van der Waals surface area (Å²) in [5.74, 6) is -14.8. The molecule has 2 unspecified atom stereocenters. The molecule has 17 heteroatoms. The van der Waals surface area contributed by atoms with Crippen molar-refractivity contribution in [1.82, 2.24) is 4.72 Å². The number of quaternary nitrogens is 1. The first kappa shape index (κ1) is 29.1. The van der Waals surface area contributed by atoms with E-state index in [1.54, 1.807) is 0 Å². The molecule has 0 aromatic carbocycles. The first-order valence-corrected chi connectivity index (χ1v) is 9.51. The number of aliphatic hydroxyl groups is 3. The number of nitrogens with zero attached hydrogens (tertiary/aromatic N) is 1. The van der Waals surface area contributed by atoms with Crippen molar-refractivity contribution < 1.29 is 67.7 Å². The average Bonchev–Trinajstić information content (AvgIpc) is 2.56. The van der Waals surface area contributed by atoms with Crippen LogP contribution in [0, 0.1) is 0 Å². The van der Waals surface area contributed by atoms with Gasteiger partial charge in [-0.3, -0.25) is 0 Å². The standard InChI is InChI=1S/C13H22F9N2O5S/c1-24(2,5-9(27)7-26)4-3-8(6-25)23-30(28,29)13(21,22)11(16,17)10(14,15)12(18,19)20/h8-9,23,25-27H,3-7H2,1-2H3/q+1. The summed E-state index contributed by atoms with van der Waals surface area (Å²) >= 11 is 0. The van der Waals surface area contributed by atoms with E-state index >= 15 is 0 Å². The first-order valence-electron chi connectivity index (χ1n) is 8.03. The molecule has 0 radical (unpaired) electrons. The van der Waals surface area contributed by atoms with Crippen molar-refractivity contribution in [2.75, 3.05) is 40.4 Å². The molecule has 0 aromatic rings. The van der Waals surface area contributed by atoms with Crippen LogP contribution in [0.1, 0.15) is 6.42 Å². The molecule has 0 bridgehead atoms. The van der Waals surface area contributed by atoms with E-state index < -0.39 is 65.1 Å². The minimum atomic E-state index is -7.38. The summed E-state index contributed by atoms with van der Waals surface area (Å²) in [4.78, 5) is 0. The molecule has 4 N–H and O–H groups in total. The normalized spacial score (nSPS) is 17.1. The van der Waals surface area contributed by atoms with Gasteiger partial charge in [0.1, 0.15) is 12.6 Å². The van der Waals surface area contributed by atoms with Crippen molar-refractivity contribution in [3.05, 3.63) is 0 Å². The van der Waals surface area contributed by atoms with Gasteiger partial charge in [0.25, 0.3) is 10.0 Å². The summed E-state index contributed by atoms with van der Waals surface area (Å²) in [6.45, 7) is -2.32.